The van der Waals surface area contributed by atoms with Gasteiger partial charge in [0.2, 0.25) is 0 Å². The Balaban J connectivity index is 2.95. The van der Waals surface area contributed by atoms with E-state index in [1.54, 1.807) is 13.8 Å². The lowest BCUT2D eigenvalue weighted by atomic mass is 10.1. The number of rotatable bonds is 2. The van der Waals surface area contributed by atoms with Crippen molar-refractivity contribution in [2.45, 2.75) is 26.1 Å². The molecular weight excluding hydrogens is 221 g/mol. The van der Waals surface area contributed by atoms with Gasteiger partial charge in [-0.15, -0.1) is 0 Å². The summed E-state index contributed by atoms with van der Waals surface area (Å²) in [6.45, 7) is 3.26. The maximum absolute atomic E-state index is 12.3. The van der Waals surface area contributed by atoms with Crippen molar-refractivity contribution in [3.8, 4) is 0 Å². The molecule has 0 aliphatic rings. The van der Waals surface area contributed by atoms with Gasteiger partial charge in [0, 0.05) is 0 Å². The molecule has 0 unspecified atom stereocenters. The zero-order valence-corrected chi connectivity index (χ0v) is 8.84. The van der Waals surface area contributed by atoms with Crippen LogP contribution in [0.1, 0.15) is 29.8 Å². The summed E-state index contributed by atoms with van der Waals surface area (Å²) in [7, 11) is 0. The fraction of sp³-hybridized carbons (Fsp3) is 0.364. The molecule has 1 rings (SSSR count). The van der Waals surface area contributed by atoms with E-state index in [0.29, 0.717) is 0 Å². The summed E-state index contributed by atoms with van der Waals surface area (Å²) in [5, 5.41) is 0. The van der Waals surface area contributed by atoms with Crippen LogP contribution in [-0.2, 0) is 10.9 Å². The standard InChI is InChI=1S/C11H11F3O2/c1-7(2)16-10(15)8-4-3-5-9(6-8)11(12,13)14/h3-7H,1-2H3. The van der Waals surface area contributed by atoms with Gasteiger partial charge < -0.3 is 4.74 Å². The largest absolute Gasteiger partial charge is 0.459 e. The molecule has 0 radical (unpaired) electrons. The molecule has 1 aromatic carbocycles. The molecule has 0 N–H and O–H groups in total. The topological polar surface area (TPSA) is 26.3 Å². The van der Waals surface area contributed by atoms with Crippen molar-refractivity contribution in [3.05, 3.63) is 35.4 Å². The minimum Gasteiger partial charge on any atom is -0.459 e. The van der Waals surface area contributed by atoms with Crippen LogP contribution in [0.5, 0.6) is 0 Å². The van der Waals surface area contributed by atoms with Crippen LogP contribution < -0.4 is 0 Å². The third-order valence-corrected chi connectivity index (χ3v) is 1.77. The third kappa shape index (κ3) is 3.25. The first-order valence-electron chi connectivity index (χ1n) is 4.69. The molecule has 16 heavy (non-hydrogen) atoms. The van der Waals surface area contributed by atoms with Gasteiger partial charge in [0.15, 0.2) is 0 Å². The Labute approximate surface area is 91.0 Å². The lowest BCUT2D eigenvalue weighted by molar-refractivity contribution is -0.137. The predicted molar refractivity (Wildman–Crippen MR) is 52.0 cm³/mol. The number of hydrogen-bond donors (Lipinski definition) is 0. The SMILES string of the molecule is CC(C)OC(=O)c1cccc(C(F)(F)F)c1. The van der Waals surface area contributed by atoms with Gasteiger partial charge in [-0.3, -0.25) is 0 Å². The Morgan fingerprint density at radius 2 is 1.94 bits per heavy atom. The van der Waals surface area contributed by atoms with Crippen molar-refractivity contribution in [2.75, 3.05) is 0 Å². The molecule has 0 spiro atoms. The Morgan fingerprint density at radius 3 is 2.44 bits per heavy atom. The summed E-state index contributed by atoms with van der Waals surface area (Å²) in [5.74, 6) is -0.749. The van der Waals surface area contributed by atoms with E-state index in [2.05, 4.69) is 0 Å². The molecule has 0 aromatic heterocycles. The van der Waals surface area contributed by atoms with Crippen LogP contribution in [0.15, 0.2) is 24.3 Å². The van der Waals surface area contributed by atoms with Crippen LogP contribution in [0.4, 0.5) is 13.2 Å². The van der Waals surface area contributed by atoms with E-state index in [4.69, 9.17) is 4.74 Å². The van der Waals surface area contributed by atoms with Gasteiger partial charge in [-0.25, -0.2) is 4.79 Å². The summed E-state index contributed by atoms with van der Waals surface area (Å²) < 4.78 is 41.8. The average molecular weight is 232 g/mol. The van der Waals surface area contributed by atoms with Crippen LogP contribution in [0, 0.1) is 0 Å². The molecule has 5 heteroatoms. The highest BCUT2D eigenvalue weighted by Gasteiger charge is 2.31. The first-order valence-corrected chi connectivity index (χ1v) is 4.69. The second-order valence-corrected chi connectivity index (χ2v) is 3.53. The predicted octanol–water partition coefficient (Wildman–Crippen LogP) is 3.27. The molecule has 2 nitrogen and oxygen atoms in total. The molecule has 0 amide bonds. The van der Waals surface area contributed by atoms with E-state index in [1.807, 2.05) is 0 Å². The van der Waals surface area contributed by atoms with E-state index in [0.717, 1.165) is 12.1 Å². The summed E-state index contributed by atoms with van der Waals surface area (Å²) >= 11 is 0. The van der Waals surface area contributed by atoms with Gasteiger partial charge in [0.25, 0.3) is 0 Å². The third-order valence-electron chi connectivity index (χ3n) is 1.77. The molecule has 0 heterocycles. The maximum atomic E-state index is 12.3. The fourth-order valence-corrected chi connectivity index (χ4v) is 1.10. The fourth-order valence-electron chi connectivity index (χ4n) is 1.10. The molecule has 0 aliphatic heterocycles. The highest BCUT2D eigenvalue weighted by Crippen LogP contribution is 2.29. The van der Waals surface area contributed by atoms with Crippen molar-refractivity contribution in [1.29, 1.82) is 0 Å². The van der Waals surface area contributed by atoms with E-state index in [-0.39, 0.29) is 11.7 Å². The number of ether oxygens (including phenoxy) is 1. The Hall–Kier alpha value is -1.52. The smallest absolute Gasteiger partial charge is 0.416 e. The van der Waals surface area contributed by atoms with Crippen LogP contribution in [0.3, 0.4) is 0 Å². The Kier molecular flexibility index (Phi) is 3.57. The van der Waals surface area contributed by atoms with Gasteiger partial charge in [0.1, 0.15) is 0 Å². The zero-order valence-electron chi connectivity index (χ0n) is 8.84. The number of halogens is 3. The quantitative estimate of drug-likeness (QED) is 0.731. The highest BCUT2D eigenvalue weighted by atomic mass is 19.4. The molecule has 0 aliphatic carbocycles. The van der Waals surface area contributed by atoms with E-state index in [1.165, 1.54) is 12.1 Å². The zero-order chi connectivity index (χ0) is 12.3. The number of hydrogen-bond acceptors (Lipinski definition) is 2. The number of alkyl halides is 3. The number of benzene rings is 1. The lowest BCUT2D eigenvalue weighted by Crippen LogP contribution is -2.13. The van der Waals surface area contributed by atoms with Gasteiger partial charge in [0.05, 0.1) is 17.2 Å². The first-order chi connectivity index (χ1) is 7.30. The molecule has 0 saturated carbocycles. The molecule has 0 atom stereocenters. The summed E-state index contributed by atoms with van der Waals surface area (Å²) in [6.07, 6.45) is -4.81. The van der Waals surface area contributed by atoms with Crippen molar-refractivity contribution in [3.63, 3.8) is 0 Å². The number of carbonyl (C=O) groups is 1. The molecule has 88 valence electrons. The molecule has 0 fully saturated rings. The Bertz CT molecular complexity index is 383. The summed E-state index contributed by atoms with van der Waals surface area (Å²) in [6, 6.07) is 4.16. The van der Waals surface area contributed by atoms with Crippen LogP contribution in [0.2, 0.25) is 0 Å². The van der Waals surface area contributed by atoms with Crippen LogP contribution in [0.25, 0.3) is 0 Å². The summed E-state index contributed by atoms with van der Waals surface area (Å²) in [5.41, 5.74) is -0.950. The normalized spacial score (nSPS) is 11.6. The highest BCUT2D eigenvalue weighted by molar-refractivity contribution is 5.89. The lowest BCUT2D eigenvalue weighted by Gasteiger charge is -2.10. The van der Waals surface area contributed by atoms with E-state index < -0.39 is 17.7 Å². The summed E-state index contributed by atoms with van der Waals surface area (Å²) in [4.78, 5) is 11.3. The van der Waals surface area contributed by atoms with Crippen molar-refractivity contribution in [1.82, 2.24) is 0 Å². The minimum absolute atomic E-state index is 0.0940. The van der Waals surface area contributed by atoms with E-state index >= 15 is 0 Å². The second-order valence-electron chi connectivity index (χ2n) is 3.53. The maximum Gasteiger partial charge on any atom is 0.416 e. The number of esters is 1. The molecule has 0 saturated heterocycles. The molecule has 1 aromatic rings. The van der Waals surface area contributed by atoms with Crippen molar-refractivity contribution in [2.24, 2.45) is 0 Å². The van der Waals surface area contributed by atoms with E-state index in [9.17, 15) is 18.0 Å². The van der Waals surface area contributed by atoms with Crippen molar-refractivity contribution >= 4 is 5.97 Å². The van der Waals surface area contributed by atoms with Crippen molar-refractivity contribution < 1.29 is 22.7 Å². The van der Waals surface area contributed by atoms with Gasteiger partial charge >= 0.3 is 12.1 Å². The molecular formula is C11H11F3O2. The molecule has 0 bridgehead atoms. The first kappa shape index (κ1) is 12.5. The Morgan fingerprint density at radius 1 is 1.31 bits per heavy atom. The second kappa shape index (κ2) is 4.55. The monoisotopic (exact) mass is 232 g/mol. The van der Waals surface area contributed by atoms with Gasteiger partial charge in [-0.05, 0) is 32.0 Å². The van der Waals surface area contributed by atoms with Crippen LogP contribution >= 0.6 is 0 Å². The van der Waals surface area contributed by atoms with Gasteiger partial charge in [-0.1, -0.05) is 6.07 Å². The van der Waals surface area contributed by atoms with Gasteiger partial charge in [-0.2, -0.15) is 13.2 Å². The minimum atomic E-state index is -4.45. The number of carbonyl (C=O) groups excluding carboxylic acids is 1. The average Bonchev–Trinajstić information content (AvgIpc) is 2.15. The van der Waals surface area contributed by atoms with Crippen LogP contribution in [-0.4, -0.2) is 12.1 Å².